The number of allylic oxidation sites excluding steroid dienone is 1. The molecule has 0 heterocycles. The largest absolute Gasteiger partial charge is 0.449 e. The summed E-state index contributed by atoms with van der Waals surface area (Å²) in [7, 11) is 0. The highest BCUT2D eigenvalue weighted by molar-refractivity contribution is 6.30. The smallest absolute Gasteiger partial charge is 0.339 e. The second kappa shape index (κ2) is 11.6. The fourth-order valence-electron chi connectivity index (χ4n) is 3.51. The molecule has 1 amide bonds. The second-order valence-corrected chi connectivity index (χ2v) is 8.25. The van der Waals surface area contributed by atoms with E-state index < -0.39 is 17.9 Å². The van der Waals surface area contributed by atoms with Crippen molar-refractivity contribution in [2.45, 2.75) is 45.1 Å². The summed E-state index contributed by atoms with van der Waals surface area (Å²) < 4.78 is 18.8. The van der Waals surface area contributed by atoms with E-state index in [1.165, 1.54) is 49.6 Å². The van der Waals surface area contributed by atoms with E-state index in [1.807, 2.05) is 0 Å². The predicted molar refractivity (Wildman–Crippen MR) is 125 cm³/mol. The lowest BCUT2D eigenvalue weighted by Gasteiger charge is -2.16. The molecule has 32 heavy (non-hydrogen) atoms. The van der Waals surface area contributed by atoms with Crippen molar-refractivity contribution in [2.24, 2.45) is 0 Å². The van der Waals surface area contributed by atoms with Crippen LogP contribution in [0.15, 0.2) is 60.2 Å². The monoisotopic (exact) mass is 455 g/mol. The average Bonchev–Trinajstić information content (AvgIpc) is 2.80. The normalized spacial score (nSPS) is 15.0. The van der Waals surface area contributed by atoms with Crippen molar-refractivity contribution in [3.8, 4) is 0 Å². The predicted octanol–water partition coefficient (Wildman–Crippen LogP) is 5.96. The fraction of sp³-hybridized carbons (Fsp3) is 0.308. The molecule has 0 bridgehead atoms. The molecule has 2 aromatic carbocycles. The number of hydrogen-bond acceptors (Lipinski definition) is 3. The molecular formula is C26H27ClFNO3. The van der Waals surface area contributed by atoms with Crippen molar-refractivity contribution < 1.29 is 18.7 Å². The first kappa shape index (κ1) is 23.7. The third-order valence-corrected chi connectivity index (χ3v) is 5.59. The Labute approximate surface area is 193 Å². The van der Waals surface area contributed by atoms with Crippen molar-refractivity contribution in [1.29, 1.82) is 0 Å². The van der Waals surface area contributed by atoms with Gasteiger partial charge in [-0.05, 0) is 80.5 Å². The molecule has 0 radical (unpaired) electrons. The lowest BCUT2D eigenvalue weighted by atomic mass is 9.97. The minimum atomic E-state index is -0.961. The van der Waals surface area contributed by atoms with Crippen LogP contribution in [0.5, 0.6) is 0 Å². The van der Waals surface area contributed by atoms with E-state index >= 15 is 0 Å². The van der Waals surface area contributed by atoms with Gasteiger partial charge in [0.15, 0.2) is 6.10 Å². The maximum Gasteiger partial charge on any atom is 0.339 e. The van der Waals surface area contributed by atoms with Crippen molar-refractivity contribution in [3.05, 3.63) is 82.1 Å². The van der Waals surface area contributed by atoms with Gasteiger partial charge in [-0.15, -0.1) is 0 Å². The summed E-state index contributed by atoms with van der Waals surface area (Å²) in [5.41, 5.74) is 2.80. The third-order valence-electron chi connectivity index (χ3n) is 5.34. The molecule has 1 atom stereocenters. The van der Waals surface area contributed by atoms with Gasteiger partial charge in [0.05, 0.1) is 5.57 Å². The Kier molecular flexibility index (Phi) is 8.63. The topological polar surface area (TPSA) is 55.4 Å². The average molecular weight is 456 g/mol. The van der Waals surface area contributed by atoms with Crippen LogP contribution >= 0.6 is 11.6 Å². The van der Waals surface area contributed by atoms with Crippen LogP contribution in [-0.2, 0) is 14.3 Å². The van der Waals surface area contributed by atoms with Crippen LogP contribution in [0.2, 0.25) is 5.02 Å². The van der Waals surface area contributed by atoms with Crippen molar-refractivity contribution in [1.82, 2.24) is 5.32 Å². The van der Waals surface area contributed by atoms with Crippen molar-refractivity contribution in [2.75, 3.05) is 6.54 Å². The van der Waals surface area contributed by atoms with Gasteiger partial charge in [0.2, 0.25) is 0 Å². The fourth-order valence-corrected chi connectivity index (χ4v) is 3.64. The van der Waals surface area contributed by atoms with Crippen LogP contribution < -0.4 is 5.32 Å². The lowest BCUT2D eigenvalue weighted by molar-refractivity contribution is -0.149. The van der Waals surface area contributed by atoms with Crippen LogP contribution in [0.3, 0.4) is 0 Å². The minimum absolute atomic E-state index is 0.222. The van der Waals surface area contributed by atoms with Gasteiger partial charge >= 0.3 is 5.97 Å². The van der Waals surface area contributed by atoms with E-state index in [4.69, 9.17) is 16.3 Å². The second-order valence-electron chi connectivity index (χ2n) is 7.81. The molecule has 1 unspecified atom stereocenters. The van der Waals surface area contributed by atoms with E-state index in [9.17, 15) is 14.0 Å². The van der Waals surface area contributed by atoms with Crippen LogP contribution in [0.1, 0.15) is 50.2 Å². The Hall–Kier alpha value is -2.92. The Bertz CT molecular complexity index is 997. The minimum Gasteiger partial charge on any atom is -0.449 e. The molecule has 4 nitrogen and oxygen atoms in total. The number of amides is 1. The van der Waals surface area contributed by atoms with Gasteiger partial charge in [0.1, 0.15) is 5.82 Å². The molecule has 0 fully saturated rings. The zero-order chi connectivity index (χ0) is 22.9. The molecule has 0 saturated heterocycles. The van der Waals surface area contributed by atoms with E-state index in [0.29, 0.717) is 17.1 Å². The Morgan fingerprint density at radius 3 is 2.50 bits per heavy atom. The van der Waals surface area contributed by atoms with Gasteiger partial charge in [-0.2, -0.15) is 0 Å². The van der Waals surface area contributed by atoms with Crippen molar-refractivity contribution in [3.63, 3.8) is 0 Å². The summed E-state index contributed by atoms with van der Waals surface area (Å²) in [5.74, 6) is -1.42. The van der Waals surface area contributed by atoms with Gasteiger partial charge in [-0.3, -0.25) is 4.79 Å². The number of carbonyl (C=O) groups is 2. The molecule has 3 rings (SSSR count). The number of halogens is 2. The number of esters is 1. The Balaban J connectivity index is 1.67. The van der Waals surface area contributed by atoms with Crippen LogP contribution in [0.25, 0.3) is 11.6 Å². The van der Waals surface area contributed by atoms with Gasteiger partial charge in [0.25, 0.3) is 5.91 Å². The molecule has 6 heteroatoms. The van der Waals surface area contributed by atoms with E-state index in [1.54, 1.807) is 30.3 Å². The summed E-state index contributed by atoms with van der Waals surface area (Å²) in [6.07, 6.45) is 8.32. The quantitative estimate of drug-likeness (QED) is 0.231. The first-order valence-electron chi connectivity index (χ1n) is 10.8. The third kappa shape index (κ3) is 7.06. The van der Waals surface area contributed by atoms with Crippen molar-refractivity contribution >= 4 is 35.1 Å². The number of carbonyl (C=O) groups excluding carboxylic acids is 2. The molecule has 1 aliphatic rings. The molecule has 2 aromatic rings. The van der Waals surface area contributed by atoms with Crippen LogP contribution in [0, 0.1) is 5.82 Å². The highest BCUT2D eigenvalue weighted by atomic mass is 35.5. The molecule has 0 aromatic heterocycles. The Morgan fingerprint density at radius 1 is 1.12 bits per heavy atom. The molecule has 1 aliphatic carbocycles. The summed E-state index contributed by atoms with van der Waals surface area (Å²) in [5, 5.41) is 3.41. The molecular weight excluding hydrogens is 429 g/mol. The van der Waals surface area contributed by atoms with Gasteiger partial charge < -0.3 is 10.1 Å². The Morgan fingerprint density at radius 2 is 1.84 bits per heavy atom. The van der Waals surface area contributed by atoms with Gasteiger partial charge in [0, 0.05) is 11.6 Å². The van der Waals surface area contributed by atoms with E-state index in [0.717, 1.165) is 24.8 Å². The summed E-state index contributed by atoms with van der Waals surface area (Å²) in [6, 6.07) is 12.5. The maximum atomic E-state index is 13.4. The summed E-state index contributed by atoms with van der Waals surface area (Å²) in [4.78, 5) is 25.4. The number of hydrogen-bond donors (Lipinski definition) is 1. The molecule has 0 saturated carbocycles. The first-order valence-corrected chi connectivity index (χ1v) is 11.2. The number of benzene rings is 2. The summed E-state index contributed by atoms with van der Waals surface area (Å²) in [6.45, 7) is 2.05. The van der Waals surface area contributed by atoms with Crippen LogP contribution in [0.4, 0.5) is 4.39 Å². The zero-order valence-corrected chi connectivity index (χ0v) is 18.8. The molecule has 1 N–H and O–H groups in total. The van der Waals surface area contributed by atoms with E-state index in [2.05, 4.69) is 11.4 Å². The highest BCUT2D eigenvalue weighted by Crippen LogP contribution is 2.23. The lowest BCUT2D eigenvalue weighted by Crippen LogP contribution is -2.36. The molecule has 0 spiro atoms. The number of rotatable bonds is 8. The summed E-state index contributed by atoms with van der Waals surface area (Å²) >= 11 is 5.94. The molecule has 168 valence electrons. The number of nitrogens with one attached hydrogen (secondary N) is 1. The number of ether oxygens (including phenoxy) is 1. The standard InChI is InChI=1S/C26H27ClFNO3/c1-18(25(30)29-16-15-19-5-3-2-4-6-19)32-26(31)24(21-9-13-23(28)14-10-21)17-20-7-11-22(27)12-8-20/h5,7-14,17-18H,2-4,6,15-16H2,1H3,(H,29,30). The van der Waals surface area contributed by atoms with E-state index in [-0.39, 0.29) is 11.5 Å². The SMILES string of the molecule is CC(OC(=O)C(=Cc1ccc(Cl)cc1)c1ccc(F)cc1)C(=O)NCCC1=CCCCC1. The maximum absolute atomic E-state index is 13.4. The van der Waals surface area contributed by atoms with Gasteiger partial charge in [-0.1, -0.05) is 47.5 Å². The molecule has 0 aliphatic heterocycles. The highest BCUT2D eigenvalue weighted by Gasteiger charge is 2.21. The first-order chi connectivity index (χ1) is 15.4. The van der Waals surface area contributed by atoms with Gasteiger partial charge in [-0.25, -0.2) is 9.18 Å². The van der Waals surface area contributed by atoms with Crippen LogP contribution in [-0.4, -0.2) is 24.5 Å². The zero-order valence-electron chi connectivity index (χ0n) is 18.1.